The number of halogens is 2. The fraction of sp³-hybridized carbons (Fsp3) is 0.429. The fourth-order valence-corrected chi connectivity index (χ4v) is 7.70. The third kappa shape index (κ3) is 11.0. The van der Waals surface area contributed by atoms with Crippen molar-refractivity contribution < 1.29 is 51.5 Å². The van der Waals surface area contributed by atoms with Crippen LogP contribution in [0.3, 0.4) is 0 Å². The number of carboxylic acids is 1. The number of benzene rings is 3. The summed E-state index contributed by atoms with van der Waals surface area (Å²) in [4.78, 5) is 25.2. The van der Waals surface area contributed by atoms with Gasteiger partial charge in [-0.3, -0.25) is 4.79 Å². The Kier molecular flexibility index (Phi) is 15.3. The molecule has 0 spiro atoms. The van der Waals surface area contributed by atoms with Gasteiger partial charge in [-0.05, 0) is 53.4 Å². The molecule has 3 aromatic rings. The highest BCUT2D eigenvalue weighted by Crippen LogP contribution is 2.40. The lowest BCUT2D eigenvalue weighted by Gasteiger charge is -2.38. The van der Waals surface area contributed by atoms with Gasteiger partial charge in [-0.2, -0.15) is 4.31 Å². The molecule has 1 aliphatic heterocycles. The minimum Gasteiger partial charge on any atom is -0.496 e. The third-order valence-electron chi connectivity index (χ3n) is 8.02. The Bertz CT molecular complexity index is 1700. The number of sulfonamides is 1. The predicted molar refractivity (Wildman–Crippen MR) is 190 cm³/mol. The summed E-state index contributed by atoms with van der Waals surface area (Å²) in [6.45, 7) is 3.20. The zero-order valence-electron chi connectivity index (χ0n) is 28.6. The number of nitrogens with one attached hydrogen (secondary N) is 1. The van der Waals surface area contributed by atoms with Gasteiger partial charge in [-0.1, -0.05) is 47.5 Å². The maximum atomic E-state index is 13.2. The molecule has 1 amide bonds. The highest BCUT2D eigenvalue weighted by molar-refractivity contribution is 7.89. The first-order valence-electron chi connectivity index (χ1n) is 16.1. The molecular weight excluding hydrogens is 727 g/mol. The molecule has 16 heteroatoms. The van der Waals surface area contributed by atoms with Gasteiger partial charge in [0, 0.05) is 30.1 Å². The lowest BCUT2D eigenvalue weighted by Crippen LogP contribution is -2.60. The summed E-state index contributed by atoms with van der Waals surface area (Å²) in [5.41, 5.74) is 2.92. The molecule has 278 valence electrons. The number of carbonyl (C=O) groups is 2. The molecule has 0 aliphatic carbocycles. The van der Waals surface area contributed by atoms with E-state index >= 15 is 0 Å². The normalized spacial score (nSPS) is 15.2. The summed E-state index contributed by atoms with van der Waals surface area (Å²) < 4.78 is 60.4. The van der Waals surface area contributed by atoms with Crippen molar-refractivity contribution in [1.82, 2.24) is 9.62 Å². The maximum Gasteiger partial charge on any atom is 0.326 e. The van der Waals surface area contributed by atoms with E-state index in [1.54, 1.807) is 45.6 Å². The van der Waals surface area contributed by atoms with Gasteiger partial charge in [0.15, 0.2) is 0 Å². The molecule has 1 unspecified atom stereocenters. The van der Waals surface area contributed by atoms with Crippen LogP contribution in [0.4, 0.5) is 0 Å². The number of carbonyl (C=O) groups excluding carboxylic acids is 1. The van der Waals surface area contributed by atoms with Crippen LogP contribution in [-0.4, -0.2) is 109 Å². The van der Waals surface area contributed by atoms with E-state index in [1.165, 1.54) is 18.2 Å². The molecule has 0 saturated carbocycles. The Morgan fingerprint density at radius 1 is 0.843 bits per heavy atom. The molecule has 3 aromatic carbocycles. The van der Waals surface area contributed by atoms with Gasteiger partial charge in [-0.15, -0.1) is 0 Å². The van der Waals surface area contributed by atoms with E-state index < -0.39 is 34.0 Å². The SMILES string of the molecule is COCCOCCOCCOCc1cc(OC)c(-c2ccc(CC(NC(=O)[C@@H]3CCN3S(=O)(=O)c3cc(Cl)cc(Cl)c3)C(=O)O)cc2)c(OC)c1. The first-order chi connectivity index (χ1) is 24.5. The molecule has 0 bridgehead atoms. The first kappa shape index (κ1) is 40.3. The molecule has 1 saturated heterocycles. The Morgan fingerprint density at radius 2 is 1.41 bits per heavy atom. The van der Waals surface area contributed by atoms with E-state index in [9.17, 15) is 23.1 Å². The standard InChI is InChI=1S/C35H42Cl2N2O11S/c1-45-10-11-48-12-13-49-14-15-50-22-24-17-31(46-2)33(32(18-24)47-3)25-6-4-23(5-7-25)16-29(35(41)42)38-34(40)30-8-9-39(30)51(43,44)28-20-26(36)19-27(37)21-28/h4-7,17-21,29-30H,8-16,22H2,1-3H3,(H,38,40)(H,41,42)/t29?,30-/m0/s1. The Labute approximate surface area is 307 Å². The van der Waals surface area contributed by atoms with Gasteiger partial charge in [-0.25, -0.2) is 13.2 Å². The number of methoxy groups -OCH3 is 3. The van der Waals surface area contributed by atoms with Gasteiger partial charge in [0.1, 0.15) is 23.6 Å². The van der Waals surface area contributed by atoms with Crippen LogP contribution in [0.2, 0.25) is 10.0 Å². The number of ether oxygens (including phenoxy) is 6. The number of hydrogen-bond acceptors (Lipinski definition) is 10. The van der Waals surface area contributed by atoms with Gasteiger partial charge in [0.25, 0.3) is 0 Å². The monoisotopic (exact) mass is 768 g/mol. The van der Waals surface area contributed by atoms with E-state index in [4.69, 9.17) is 51.6 Å². The van der Waals surface area contributed by atoms with E-state index in [2.05, 4.69) is 5.32 Å². The van der Waals surface area contributed by atoms with E-state index in [-0.39, 0.29) is 34.3 Å². The van der Waals surface area contributed by atoms with Crippen LogP contribution in [0.25, 0.3) is 11.1 Å². The van der Waals surface area contributed by atoms with Crippen LogP contribution >= 0.6 is 23.2 Å². The molecule has 1 fully saturated rings. The molecule has 0 aromatic heterocycles. The van der Waals surface area contributed by atoms with E-state index in [0.717, 1.165) is 15.4 Å². The number of rotatable bonds is 21. The van der Waals surface area contributed by atoms with Crippen LogP contribution in [0.5, 0.6) is 11.5 Å². The van der Waals surface area contributed by atoms with Crippen molar-refractivity contribution in [2.24, 2.45) is 0 Å². The number of amides is 1. The average Bonchev–Trinajstić information content (AvgIpc) is 3.07. The Morgan fingerprint density at radius 3 is 1.92 bits per heavy atom. The zero-order valence-corrected chi connectivity index (χ0v) is 30.9. The molecule has 4 rings (SSSR count). The summed E-state index contributed by atoms with van der Waals surface area (Å²) in [7, 11) is 0.629. The molecule has 2 N–H and O–H groups in total. The molecule has 2 atom stereocenters. The summed E-state index contributed by atoms with van der Waals surface area (Å²) in [5.74, 6) is -0.861. The number of nitrogens with zero attached hydrogens (tertiary/aromatic N) is 1. The minimum absolute atomic E-state index is 0.0418. The highest BCUT2D eigenvalue weighted by atomic mass is 35.5. The van der Waals surface area contributed by atoms with Crippen molar-refractivity contribution in [1.29, 1.82) is 0 Å². The van der Waals surface area contributed by atoms with Crippen LogP contribution < -0.4 is 14.8 Å². The van der Waals surface area contributed by atoms with Gasteiger partial charge in [0.05, 0.1) is 70.9 Å². The largest absolute Gasteiger partial charge is 0.496 e. The topological polar surface area (TPSA) is 159 Å². The summed E-state index contributed by atoms with van der Waals surface area (Å²) in [5, 5.41) is 12.7. The molecular formula is C35H42Cl2N2O11S. The zero-order chi connectivity index (χ0) is 37.0. The van der Waals surface area contributed by atoms with Gasteiger partial charge in [0.2, 0.25) is 15.9 Å². The second kappa shape index (κ2) is 19.4. The summed E-state index contributed by atoms with van der Waals surface area (Å²) in [6.07, 6.45) is 0.190. The van der Waals surface area contributed by atoms with Crippen molar-refractivity contribution in [3.05, 3.63) is 75.8 Å². The lowest BCUT2D eigenvalue weighted by molar-refractivity contribution is -0.143. The second-order valence-corrected chi connectivity index (χ2v) is 14.2. The Balaban J connectivity index is 1.36. The average molecular weight is 770 g/mol. The smallest absolute Gasteiger partial charge is 0.326 e. The van der Waals surface area contributed by atoms with Crippen molar-refractivity contribution in [3.63, 3.8) is 0 Å². The van der Waals surface area contributed by atoms with Crippen molar-refractivity contribution in [2.75, 3.05) is 67.5 Å². The molecule has 0 radical (unpaired) electrons. The predicted octanol–water partition coefficient (Wildman–Crippen LogP) is 4.45. The van der Waals surface area contributed by atoms with Crippen LogP contribution in [0, 0.1) is 0 Å². The maximum absolute atomic E-state index is 13.2. The van der Waals surface area contributed by atoms with Crippen LogP contribution in [0.1, 0.15) is 17.5 Å². The quantitative estimate of drug-likeness (QED) is 0.148. The van der Waals surface area contributed by atoms with Crippen LogP contribution in [-0.2, 0) is 51.6 Å². The Hall–Kier alpha value is -3.47. The number of carboxylic acid groups (broad SMARTS) is 1. The fourth-order valence-electron chi connectivity index (χ4n) is 5.34. The second-order valence-electron chi connectivity index (χ2n) is 11.5. The number of aliphatic carboxylic acids is 1. The van der Waals surface area contributed by atoms with Crippen molar-refractivity contribution >= 4 is 45.1 Å². The summed E-state index contributed by atoms with van der Waals surface area (Å²) in [6, 6.07) is 12.3. The minimum atomic E-state index is -4.10. The third-order valence-corrected chi connectivity index (χ3v) is 10.3. The van der Waals surface area contributed by atoms with E-state index in [0.29, 0.717) is 68.9 Å². The summed E-state index contributed by atoms with van der Waals surface area (Å²) >= 11 is 12.0. The molecule has 51 heavy (non-hydrogen) atoms. The molecule has 1 aliphatic rings. The first-order valence-corrected chi connectivity index (χ1v) is 18.3. The van der Waals surface area contributed by atoms with E-state index in [1.807, 2.05) is 12.1 Å². The van der Waals surface area contributed by atoms with Gasteiger partial charge >= 0.3 is 5.97 Å². The number of hydrogen-bond donors (Lipinski definition) is 2. The van der Waals surface area contributed by atoms with Gasteiger partial charge < -0.3 is 38.8 Å². The van der Waals surface area contributed by atoms with Crippen LogP contribution in [0.15, 0.2) is 59.5 Å². The van der Waals surface area contributed by atoms with Crippen molar-refractivity contribution in [2.45, 2.75) is 36.4 Å². The van der Waals surface area contributed by atoms with Crippen molar-refractivity contribution in [3.8, 4) is 22.6 Å². The molecule has 13 nitrogen and oxygen atoms in total. The lowest BCUT2D eigenvalue weighted by atomic mass is 9.97. The highest BCUT2D eigenvalue weighted by Gasteiger charge is 2.44. The molecule has 1 heterocycles.